The minimum atomic E-state index is -0.630. The summed E-state index contributed by atoms with van der Waals surface area (Å²) < 4.78 is 10.9. The van der Waals surface area contributed by atoms with Gasteiger partial charge in [0.25, 0.3) is 5.91 Å². The molecule has 0 aliphatic carbocycles. The van der Waals surface area contributed by atoms with Gasteiger partial charge in [0.1, 0.15) is 17.1 Å². The second kappa shape index (κ2) is 9.41. The molecule has 0 fully saturated rings. The Bertz CT molecular complexity index is 970. The number of esters is 1. The maximum atomic E-state index is 12.4. The van der Waals surface area contributed by atoms with Crippen molar-refractivity contribution in [2.75, 3.05) is 30.9 Å². The molecule has 0 aliphatic heterocycles. The van der Waals surface area contributed by atoms with Crippen LogP contribution < -0.4 is 15.0 Å². The highest BCUT2D eigenvalue weighted by atomic mass is 16.5. The Hall–Kier alpha value is -3.80. The monoisotopic (exact) mass is 390 g/mol. The molecule has 0 radical (unpaired) electrons. The number of hydrogen-bond donors (Lipinski definition) is 1. The lowest BCUT2D eigenvalue weighted by molar-refractivity contribution is -0.119. The minimum Gasteiger partial charge on any atom is -0.456 e. The Morgan fingerprint density at radius 3 is 2.21 bits per heavy atom. The first-order chi connectivity index (χ1) is 14.0. The summed E-state index contributed by atoms with van der Waals surface area (Å²) in [4.78, 5) is 26.5. The average molecular weight is 390 g/mol. The van der Waals surface area contributed by atoms with Crippen molar-refractivity contribution in [2.24, 2.45) is 0 Å². The lowest BCUT2D eigenvalue weighted by atomic mass is 10.2. The number of anilines is 2. The molecule has 0 unspecified atom stereocenters. The Kier molecular flexibility index (Phi) is 6.47. The fourth-order valence-corrected chi connectivity index (χ4v) is 2.59. The van der Waals surface area contributed by atoms with E-state index in [2.05, 4.69) is 5.32 Å². The van der Waals surface area contributed by atoms with E-state index in [1.807, 2.05) is 49.3 Å². The predicted molar refractivity (Wildman–Crippen MR) is 113 cm³/mol. The number of para-hydroxylation sites is 2. The van der Waals surface area contributed by atoms with Gasteiger partial charge in [0.15, 0.2) is 6.61 Å². The van der Waals surface area contributed by atoms with Crippen LogP contribution in [0.3, 0.4) is 0 Å². The van der Waals surface area contributed by atoms with E-state index < -0.39 is 18.5 Å². The van der Waals surface area contributed by atoms with Crippen molar-refractivity contribution >= 4 is 23.3 Å². The van der Waals surface area contributed by atoms with E-state index in [0.717, 1.165) is 5.69 Å². The number of rotatable bonds is 7. The number of carbonyl (C=O) groups is 2. The highest BCUT2D eigenvalue weighted by molar-refractivity contribution is 5.96. The Morgan fingerprint density at radius 1 is 0.862 bits per heavy atom. The summed E-state index contributed by atoms with van der Waals surface area (Å²) in [5.41, 5.74) is 1.90. The third-order valence-corrected chi connectivity index (χ3v) is 4.08. The summed E-state index contributed by atoms with van der Waals surface area (Å²) in [7, 11) is 3.87. The second-order valence-electron chi connectivity index (χ2n) is 6.48. The van der Waals surface area contributed by atoms with Gasteiger partial charge in [-0.2, -0.15) is 0 Å². The Labute approximate surface area is 169 Å². The summed E-state index contributed by atoms with van der Waals surface area (Å²) in [6, 6.07) is 23.2. The molecule has 6 heteroatoms. The van der Waals surface area contributed by atoms with E-state index in [-0.39, 0.29) is 5.56 Å². The van der Waals surface area contributed by atoms with Crippen molar-refractivity contribution < 1.29 is 19.1 Å². The summed E-state index contributed by atoms with van der Waals surface area (Å²) in [5, 5.41) is 2.70. The molecule has 0 aliphatic rings. The van der Waals surface area contributed by atoms with Crippen LogP contribution in [0, 0.1) is 0 Å². The van der Waals surface area contributed by atoms with Crippen molar-refractivity contribution in [3.63, 3.8) is 0 Å². The molecule has 0 spiro atoms. The number of nitrogens with zero attached hydrogens (tertiary/aromatic N) is 1. The van der Waals surface area contributed by atoms with E-state index in [0.29, 0.717) is 17.2 Å². The Morgan fingerprint density at radius 2 is 1.52 bits per heavy atom. The third-order valence-electron chi connectivity index (χ3n) is 4.08. The number of amides is 1. The molecule has 6 nitrogen and oxygen atoms in total. The molecule has 0 aromatic heterocycles. The first-order valence-corrected chi connectivity index (χ1v) is 9.09. The van der Waals surface area contributed by atoms with Crippen LogP contribution in [0.1, 0.15) is 10.4 Å². The molecule has 3 aromatic carbocycles. The number of benzene rings is 3. The van der Waals surface area contributed by atoms with Gasteiger partial charge in [-0.25, -0.2) is 4.79 Å². The number of hydrogen-bond acceptors (Lipinski definition) is 5. The summed E-state index contributed by atoms with van der Waals surface area (Å²) in [6.45, 7) is -0.395. The Balaban J connectivity index is 1.58. The van der Waals surface area contributed by atoms with Crippen LogP contribution in [0.25, 0.3) is 0 Å². The molecule has 0 heterocycles. The average Bonchev–Trinajstić information content (AvgIpc) is 2.73. The summed E-state index contributed by atoms with van der Waals surface area (Å²) >= 11 is 0. The lowest BCUT2D eigenvalue weighted by Gasteiger charge is -2.13. The van der Waals surface area contributed by atoms with Gasteiger partial charge in [0.05, 0.1) is 0 Å². The van der Waals surface area contributed by atoms with Crippen LogP contribution in [-0.4, -0.2) is 32.6 Å². The van der Waals surface area contributed by atoms with E-state index in [9.17, 15) is 9.59 Å². The van der Waals surface area contributed by atoms with Crippen LogP contribution in [-0.2, 0) is 9.53 Å². The fourth-order valence-electron chi connectivity index (χ4n) is 2.59. The molecule has 3 aromatic rings. The van der Waals surface area contributed by atoms with E-state index in [4.69, 9.17) is 9.47 Å². The first-order valence-electron chi connectivity index (χ1n) is 9.09. The van der Waals surface area contributed by atoms with Gasteiger partial charge in [-0.3, -0.25) is 4.79 Å². The maximum Gasteiger partial charge on any atom is 0.342 e. The van der Waals surface area contributed by atoms with Crippen LogP contribution in [0.15, 0.2) is 78.9 Å². The molecule has 0 bridgehead atoms. The fraction of sp³-hybridized carbons (Fsp3) is 0.130. The first kappa shape index (κ1) is 19.9. The molecule has 1 N–H and O–H groups in total. The van der Waals surface area contributed by atoms with Crippen molar-refractivity contribution in [3.05, 3.63) is 84.4 Å². The van der Waals surface area contributed by atoms with Crippen molar-refractivity contribution in [2.45, 2.75) is 0 Å². The predicted octanol–water partition coefficient (Wildman–Crippen LogP) is 4.34. The number of carbonyl (C=O) groups excluding carboxylic acids is 2. The van der Waals surface area contributed by atoms with Crippen molar-refractivity contribution in [1.29, 1.82) is 0 Å². The quantitative estimate of drug-likeness (QED) is 0.608. The van der Waals surface area contributed by atoms with Crippen LogP contribution >= 0.6 is 0 Å². The molecular formula is C23H22N2O4. The van der Waals surface area contributed by atoms with Gasteiger partial charge in [-0.15, -0.1) is 0 Å². The zero-order chi connectivity index (χ0) is 20.6. The standard InChI is InChI=1S/C23H22N2O4/c1-25(2)18-14-12-17(13-15-18)24-22(26)16-28-23(27)20-10-6-7-11-21(20)29-19-8-4-3-5-9-19/h3-15H,16H2,1-2H3,(H,24,26). The van der Waals surface area contributed by atoms with Gasteiger partial charge in [0.2, 0.25) is 0 Å². The van der Waals surface area contributed by atoms with Gasteiger partial charge >= 0.3 is 5.97 Å². The van der Waals surface area contributed by atoms with Crippen LogP contribution in [0.4, 0.5) is 11.4 Å². The van der Waals surface area contributed by atoms with E-state index in [1.165, 1.54) is 0 Å². The topological polar surface area (TPSA) is 67.9 Å². The van der Waals surface area contributed by atoms with Gasteiger partial charge in [0, 0.05) is 25.5 Å². The van der Waals surface area contributed by atoms with Gasteiger partial charge < -0.3 is 19.7 Å². The highest BCUT2D eigenvalue weighted by Crippen LogP contribution is 2.25. The van der Waals surface area contributed by atoms with Gasteiger partial charge in [-0.05, 0) is 48.5 Å². The van der Waals surface area contributed by atoms with E-state index >= 15 is 0 Å². The number of nitrogens with one attached hydrogen (secondary N) is 1. The SMILES string of the molecule is CN(C)c1ccc(NC(=O)COC(=O)c2ccccc2Oc2ccccc2)cc1. The number of ether oxygens (including phenoxy) is 2. The summed E-state index contributed by atoms with van der Waals surface area (Å²) in [6.07, 6.45) is 0. The van der Waals surface area contributed by atoms with E-state index in [1.54, 1.807) is 48.5 Å². The zero-order valence-corrected chi connectivity index (χ0v) is 16.3. The largest absolute Gasteiger partial charge is 0.456 e. The lowest BCUT2D eigenvalue weighted by Crippen LogP contribution is -2.21. The molecule has 148 valence electrons. The molecule has 1 amide bonds. The minimum absolute atomic E-state index is 0.250. The van der Waals surface area contributed by atoms with Crippen molar-refractivity contribution in [1.82, 2.24) is 0 Å². The van der Waals surface area contributed by atoms with Crippen LogP contribution in [0.2, 0.25) is 0 Å². The molecular weight excluding hydrogens is 368 g/mol. The molecule has 3 rings (SSSR count). The molecule has 29 heavy (non-hydrogen) atoms. The third kappa shape index (κ3) is 5.59. The molecule has 0 saturated carbocycles. The van der Waals surface area contributed by atoms with Crippen LogP contribution in [0.5, 0.6) is 11.5 Å². The molecule has 0 atom stereocenters. The van der Waals surface area contributed by atoms with Crippen molar-refractivity contribution in [3.8, 4) is 11.5 Å². The highest BCUT2D eigenvalue weighted by Gasteiger charge is 2.16. The smallest absolute Gasteiger partial charge is 0.342 e. The molecule has 0 saturated heterocycles. The maximum absolute atomic E-state index is 12.4. The zero-order valence-electron chi connectivity index (χ0n) is 16.3. The summed E-state index contributed by atoms with van der Waals surface area (Å²) in [5.74, 6) is -0.0814. The van der Waals surface area contributed by atoms with Gasteiger partial charge in [-0.1, -0.05) is 30.3 Å². The second-order valence-corrected chi connectivity index (χ2v) is 6.48. The normalized spacial score (nSPS) is 10.1.